The molecule has 3 aromatic rings. The fourth-order valence-electron chi connectivity index (χ4n) is 2.57. The molecule has 3 rings (SSSR count). The van der Waals surface area contributed by atoms with E-state index >= 15 is 0 Å². The molecular formula is C22H17BrFN3O3. The van der Waals surface area contributed by atoms with Gasteiger partial charge in [0.1, 0.15) is 11.6 Å². The quantitative estimate of drug-likeness (QED) is 0.408. The van der Waals surface area contributed by atoms with E-state index in [1.165, 1.54) is 30.5 Å². The third-order valence-electron chi connectivity index (χ3n) is 4.08. The van der Waals surface area contributed by atoms with E-state index < -0.39 is 17.6 Å². The van der Waals surface area contributed by atoms with Gasteiger partial charge in [-0.15, -0.1) is 0 Å². The zero-order valence-corrected chi connectivity index (χ0v) is 17.4. The zero-order valence-electron chi connectivity index (χ0n) is 15.9. The highest BCUT2D eigenvalue weighted by molar-refractivity contribution is 9.10. The number of anilines is 1. The summed E-state index contributed by atoms with van der Waals surface area (Å²) in [5.41, 5.74) is 4.01. The molecule has 152 valence electrons. The molecule has 0 unspecified atom stereocenters. The van der Waals surface area contributed by atoms with Gasteiger partial charge in [0.05, 0.1) is 29.0 Å². The van der Waals surface area contributed by atoms with Gasteiger partial charge in [-0.05, 0) is 76.1 Å². The maximum Gasteiger partial charge on any atom is 0.273 e. The third-order valence-corrected chi connectivity index (χ3v) is 4.70. The van der Waals surface area contributed by atoms with Crippen LogP contribution in [0, 0.1) is 5.82 Å². The summed E-state index contributed by atoms with van der Waals surface area (Å²) < 4.78 is 19.0. The summed E-state index contributed by atoms with van der Waals surface area (Å²) in [7, 11) is 1.57. The minimum Gasteiger partial charge on any atom is -0.496 e. The lowest BCUT2D eigenvalue weighted by atomic mass is 10.1. The second-order valence-corrected chi connectivity index (χ2v) is 6.95. The lowest BCUT2D eigenvalue weighted by Gasteiger charge is -2.10. The standard InChI is InChI=1S/C22H17BrFN3O3/c1-30-20-11-6-14(12-18(20)23)13-25-27-22(29)17-4-2-3-5-19(17)26-21(28)15-7-9-16(24)10-8-15/h2-13H,1H3,(H,26,28)(H,27,29). The Morgan fingerprint density at radius 1 is 1.03 bits per heavy atom. The van der Waals surface area contributed by atoms with Crippen LogP contribution in [0.15, 0.2) is 76.3 Å². The van der Waals surface area contributed by atoms with E-state index in [0.29, 0.717) is 11.4 Å². The first-order chi connectivity index (χ1) is 14.5. The Balaban J connectivity index is 1.70. The number of nitrogens with zero attached hydrogens (tertiary/aromatic N) is 1. The van der Waals surface area contributed by atoms with E-state index in [0.717, 1.165) is 10.0 Å². The highest BCUT2D eigenvalue weighted by atomic mass is 79.9. The van der Waals surface area contributed by atoms with Gasteiger partial charge in [-0.25, -0.2) is 9.82 Å². The highest BCUT2D eigenvalue weighted by Crippen LogP contribution is 2.24. The van der Waals surface area contributed by atoms with Crippen LogP contribution < -0.4 is 15.5 Å². The molecule has 0 saturated heterocycles. The van der Waals surface area contributed by atoms with Crippen LogP contribution in [0.2, 0.25) is 0 Å². The van der Waals surface area contributed by atoms with Crippen LogP contribution in [0.25, 0.3) is 0 Å². The molecular weight excluding hydrogens is 453 g/mol. The molecule has 6 nitrogen and oxygen atoms in total. The molecule has 0 aliphatic rings. The minimum atomic E-state index is -0.492. The summed E-state index contributed by atoms with van der Waals surface area (Å²) in [4.78, 5) is 24.9. The first-order valence-electron chi connectivity index (χ1n) is 8.81. The van der Waals surface area contributed by atoms with E-state index in [2.05, 4.69) is 31.8 Å². The molecule has 0 heterocycles. The molecule has 0 aromatic heterocycles. The Hall–Kier alpha value is -3.52. The molecule has 2 N–H and O–H groups in total. The molecule has 30 heavy (non-hydrogen) atoms. The van der Waals surface area contributed by atoms with Crippen molar-refractivity contribution < 1.29 is 18.7 Å². The van der Waals surface area contributed by atoms with Crippen LogP contribution in [0.4, 0.5) is 10.1 Å². The molecule has 2 amide bonds. The van der Waals surface area contributed by atoms with Crippen molar-refractivity contribution in [2.24, 2.45) is 5.10 Å². The lowest BCUT2D eigenvalue weighted by Crippen LogP contribution is -2.21. The molecule has 0 aliphatic heterocycles. The summed E-state index contributed by atoms with van der Waals surface area (Å²) in [6, 6.07) is 17.0. The summed E-state index contributed by atoms with van der Waals surface area (Å²) >= 11 is 3.39. The monoisotopic (exact) mass is 469 g/mol. The summed E-state index contributed by atoms with van der Waals surface area (Å²) in [6.07, 6.45) is 1.49. The predicted molar refractivity (Wildman–Crippen MR) is 117 cm³/mol. The molecule has 0 aliphatic carbocycles. The zero-order chi connectivity index (χ0) is 21.5. The van der Waals surface area contributed by atoms with Crippen LogP contribution >= 0.6 is 15.9 Å². The summed E-state index contributed by atoms with van der Waals surface area (Å²) in [5.74, 6) is -0.703. The van der Waals surface area contributed by atoms with Crippen molar-refractivity contribution in [2.45, 2.75) is 0 Å². The Morgan fingerprint density at radius 2 is 1.77 bits per heavy atom. The fraction of sp³-hybridized carbons (Fsp3) is 0.0455. The van der Waals surface area contributed by atoms with Crippen molar-refractivity contribution in [3.8, 4) is 5.75 Å². The number of para-hydroxylation sites is 1. The Bertz CT molecular complexity index is 1100. The van der Waals surface area contributed by atoms with Crippen LogP contribution in [0.3, 0.4) is 0 Å². The van der Waals surface area contributed by atoms with Gasteiger partial charge in [0.25, 0.3) is 11.8 Å². The van der Waals surface area contributed by atoms with Gasteiger partial charge in [-0.2, -0.15) is 5.10 Å². The third kappa shape index (κ3) is 5.30. The number of carbonyl (C=O) groups is 2. The summed E-state index contributed by atoms with van der Waals surface area (Å²) in [6.45, 7) is 0. The number of rotatable bonds is 6. The lowest BCUT2D eigenvalue weighted by molar-refractivity contribution is 0.0956. The van der Waals surface area contributed by atoms with Crippen molar-refractivity contribution in [3.05, 3.63) is 93.7 Å². The van der Waals surface area contributed by atoms with Crippen molar-refractivity contribution in [2.75, 3.05) is 12.4 Å². The van der Waals surface area contributed by atoms with E-state index in [1.54, 1.807) is 49.6 Å². The average Bonchev–Trinajstić information content (AvgIpc) is 2.74. The Labute approximate surface area is 180 Å². The second-order valence-electron chi connectivity index (χ2n) is 6.10. The molecule has 3 aromatic carbocycles. The maximum atomic E-state index is 13.0. The van der Waals surface area contributed by atoms with Crippen LogP contribution in [0.1, 0.15) is 26.3 Å². The molecule has 0 fully saturated rings. The number of carbonyl (C=O) groups excluding carboxylic acids is 2. The van der Waals surface area contributed by atoms with Gasteiger partial charge in [0.15, 0.2) is 0 Å². The topological polar surface area (TPSA) is 79.8 Å². The van der Waals surface area contributed by atoms with E-state index in [9.17, 15) is 14.0 Å². The number of ether oxygens (including phenoxy) is 1. The van der Waals surface area contributed by atoms with E-state index in [1.807, 2.05) is 0 Å². The SMILES string of the molecule is COc1ccc(C=NNC(=O)c2ccccc2NC(=O)c2ccc(F)cc2)cc1Br. The molecule has 0 bridgehead atoms. The van der Waals surface area contributed by atoms with Crippen LogP contribution in [-0.2, 0) is 0 Å². The van der Waals surface area contributed by atoms with Gasteiger partial charge in [0, 0.05) is 5.56 Å². The molecule has 0 spiro atoms. The van der Waals surface area contributed by atoms with Gasteiger partial charge in [-0.3, -0.25) is 9.59 Å². The number of hydrogen-bond donors (Lipinski definition) is 2. The normalized spacial score (nSPS) is 10.6. The number of hydrogen-bond acceptors (Lipinski definition) is 4. The maximum absolute atomic E-state index is 13.0. The molecule has 0 saturated carbocycles. The molecule has 0 radical (unpaired) electrons. The smallest absolute Gasteiger partial charge is 0.273 e. The average molecular weight is 470 g/mol. The van der Waals surface area contributed by atoms with Gasteiger partial charge >= 0.3 is 0 Å². The first-order valence-corrected chi connectivity index (χ1v) is 9.60. The van der Waals surface area contributed by atoms with Crippen LogP contribution in [-0.4, -0.2) is 25.1 Å². The number of nitrogens with one attached hydrogen (secondary N) is 2. The number of methoxy groups -OCH3 is 1. The Morgan fingerprint density at radius 3 is 2.47 bits per heavy atom. The van der Waals surface area contributed by atoms with Crippen molar-refractivity contribution >= 4 is 39.6 Å². The van der Waals surface area contributed by atoms with E-state index in [4.69, 9.17) is 4.74 Å². The second kappa shape index (κ2) is 9.80. The van der Waals surface area contributed by atoms with Crippen molar-refractivity contribution in [1.82, 2.24) is 5.43 Å². The summed E-state index contributed by atoms with van der Waals surface area (Å²) in [5, 5.41) is 6.62. The Kier molecular flexibility index (Phi) is 6.92. The fourth-order valence-corrected chi connectivity index (χ4v) is 3.13. The number of benzene rings is 3. The number of halogens is 2. The predicted octanol–water partition coefficient (Wildman–Crippen LogP) is 4.61. The van der Waals surface area contributed by atoms with Crippen molar-refractivity contribution in [1.29, 1.82) is 0 Å². The van der Waals surface area contributed by atoms with Gasteiger partial charge in [-0.1, -0.05) is 12.1 Å². The van der Waals surface area contributed by atoms with Crippen LogP contribution in [0.5, 0.6) is 5.75 Å². The highest BCUT2D eigenvalue weighted by Gasteiger charge is 2.14. The van der Waals surface area contributed by atoms with Gasteiger partial charge in [0.2, 0.25) is 0 Å². The molecule has 0 atom stereocenters. The molecule has 8 heteroatoms. The minimum absolute atomic E-state index is 0.237. The number of hydrazone groups is 1. The van der Waals surface area contributed by atoms with Gasteiger partial charge < -0.3 is 10.1 Å². The number of amides is 2. The van der Waals surface area contributed by atoms with E-state index in [-0.39, 0.29) is 11.1 Å². The first kappa shape index (κ1) is 21.2. The largest absolute Gasteiger partial charge is 0.496 e. The van der Waals surface area contributed by atoms with Crippen molar-refractivity contribution in [3.63, 3.8) is 0 Å².